The fraction of sp³-hybridized carbons (Fsp3) is 0.350. The molecule has 1 aliphatic rings. The molecule has 0 aliphatic carbocycles. The average molecular weight is 378 g/mol. The van der Waals surface area contributed by atoms with Crippen LogP contribution in [0.2, 0.25) is 0 Å². The molecular weight excluding hydrogens is 356 g/mol. The summed E-state index contributed by atoms with van der Waals surface area (Å²) in [6.07, 6.45) is 4.75. The monoisotopic (exact) mass is 378 g/mol. The summed E-state index contributed by atoms with van der Waals surface area (Å²) in [5.74, 6) is -0.421. The number of carbonyl (C=O) groups excluding carboxylic acids is 2. The van der Waals surface area contributed by atoms with E-state index in [0.29, 0.717) is 23.7 Å². The standard InChI is InChI=1S/C20H22N6O2/c1-14-4-2-3-5-16(14)25-20(28)19(27)24-13-15-6-10-26(11-7-15)18-17(12-21)22-8-9-23-18/h2-5,8-9,15H,6-7,10-11,13H2,1H3,(H,24,27)(H,25,28). The molecule has 0 bridgehead atoms. The molecule has 2 N–H and O–H groups in total. The number of para-hydroxylation sites is 1. The first-order valence-corrected chi connectivity index (χ1v) is 9.19. The van der Waals surface area contributed by atoms with Gasteiger partial charge in [0.25, 0.3) is 0 Å². The van der Waals surface area contributed by atoms with Crippen LogP contribution in [0.4, 0.5) is 11.5 Å². The van der Waals surface area contributed by atoms with Gasteiger partial charge in [-0.25, -0.2) is 9.97 Å². The van der Waals surface area contributed by atoms with Crippen LogP contribution in [-0.2, 0) is 9.59 Å². The van der Waals surface area contributed by atoms with Crippen molar-refractivity contribution in [1.29, 1.82) is 5.26 Å². The summed E-state index contributed by atoms with van der Waals surface area (Å²) < 4.78 is 0. The van der Waals surface area contributed by atoms with Gasteiger partial charge < -0.3 is 15.5 Å². The zero-order chi connectivity index (χ0) is 19.9. The Morgan fingerprint density at radius 2 is 1.89 bits per heavy atom. The third-order valence-electron chi connectivity index (χ3n) is 4.85. The van der Waals surface area contributed by atoms with Gasteiger partial charge in [0.15, 0.2) is 11.5 Å². The van der Waals surface area contributed by atoms with Crippen molar-refractivity contribution in [3.63, 3.8) is 0 Å². The lowest BCUT2D eigenvalue weighted by molar-refractivity contribution is -0.136. The van der Waals surface area contributed by atoms with Gasteiger partial charge in [-0.2, -0.15) is 5.26 Å². The normalized spacial score (nSPS) is 14.2. The van der Waals surface area contributed by atoms with E-state index in [1.165, 1.54) is 6.20 Å². The van der Waals surface area contributed by atoms with Gasteiger partial charge in [-0.1, -0.05) is 18.2 Å². The Kier molecular flexibility index (Phi) is 6.17. The number of hydrogen-bond donors (Lipinski definition) is 2. The highest BCUT2D eigenvalue weighted by atomic mass is 16.2. The number of rotatable bonds is 4. The van der Waals surface area contributed by atoms with Crippen molar-refractivity contribution in [3.8, 4) is 6.07 Å². The van der Waals surface area contributed by atoms with Gasteiger partial charge in [-0.15, -0.1) is 0 Å². The maximum Gasteiger partial charge on any atom is 0.313 e. The molecule has 0 unspecified atom stereocenters. The predicted molar refractivity (Wildman–Crippen MR) is 105 cm³/mol. The number of benzene rings is 1. The highest BCUT2D eigenvalue weighted by Gasteiger charge is 2.23. The van der Waals surface area contributed by atoms with Crippen molar-refractivity contribution in [3.05, 3.63) is 47.9 Å². The van der Waals surface area contributed by atoms with Gasteiger partial charge in [0.1, 0.15) is 6.07 Å². The van der Waals surface area contributed by atoms with Crippen molar-refractivity contribution >= 4 is 23.3 Å². The second-order valence-corrected chi connectivity index (χ2v) is 6.75. The highest BCUT2D eigenvalue weighted by molar-refractivity contribution is 6.39. The largest absolute Gasteiger partial charge is 0.354 e. The van der Waals surface area contributed by atoms with Crippen LogP contribution in [0.25, 0.3) is 0 Å². The first-order chi connectivity index (χ1) is 13.6. The van der Waals surface area contributed by atoms with Gasteiger partial charge in [0.2, 0.25) is 0 Å². The lowest BCUT2D eigenvalue weighted by Crippen LogP contribution is -2.42. The van der Waals surface area contributed by atoms with Gasteiger partial charge in [-0.05, 0) is 37.3 Å². The predicted octanol–water partition coefficient (Wildman–Crippen LogP) is 1.63. The fourth-order valence-corrected chi connectivity index (χ4v) is 3.20. The Hall–Kier alpha value is -3.47. The number of aromatic nitrogens is 2. The number of hydrogen-bond acceptors (Lipinski definition) is 6. The molecule has 1 aliphatic heterocycles. The van der Waals surface area contributed by atoms with E-state index in [4.69, 9.17) is 5.26 Å². The first kappa shape index (κ1) is 19.3. The summed E-state index contributed by atoms with van der Waals surface area (Å²) in [7, 11) is 0. The molecule has 8 nitrogen and oxygen atoms in total. The van der Waals surface area contributed by atoms with Crippen LogP contribution >= 0.6 is 0 Å². The Labute approximate surface area is 163 Å². The third kappa shape index (κ3) is 4.62. The number of carbonyl (C=O) groups is 2. The molecule has 0 saturated carbocycles. The molecule has 144 valence electrons. The Balaban J connectivity index is 1.46. The molecule has 2 heterocycles. The van der Waals surface area contributed by atoms with E-state index >= 15 is 0 Å². The fourth-order valence-electron chi connectivity index (χ4n) is 3.20. The molecule has 2 aromatic rings. The van der Waals surface area contributed by atoms with Crippen molar-refractivity contribution in [2.75, 3.05) is 29.9 Å². The molecule has 1 aromatic heterocycles. The lowest BCUT2D eigenvalue weighted by Gasteiger charge is -2.32. The molecule has 1 fully saturated rings. The number of nitriles is 1. The molecule has 0 spiro atoms. The van der Waals surface area contributed by atoms with E-state index in [9.17, 15) is 9.59 Å². The van der Waals surface area contributed by atoms with E-state index in [2.05, 4.69) is 26.7 Å². The number of nitrogens with zero attached hydrogens (tertiary/aromatic N) is 4. The first-order valence-electron chi connectivity index (χ1n) is 9.19. The molecule has 1 saturated heterocycles. The number of nitrogens with one attached hydrogen (secondary N) is 2. The summed E-state index contributed by atoms with van der Waals surface area (Å²) in [6, 6.07) is 9.38. The van der Waals surface area contributed by atoms with Crippen LogP contribution in [0.3, 0.4) is 0 Å². The molecule has 0 radical (unpaired) electrons. The van der Waals surface area contributed by atoms with Crippen LogP contribution in [0.15, 0.2) is 36.7 Å². The van der Waals surface area contributed by atoms with E-state index in [1.54, 1.807) is 12.3 Å². The Morgan fingerprint density at radius 3 is 2.61 bits per heavy atom. The van der Waals surface area contributed by atoms with E-state index in [-0.39, 0.29) is 5.92 Å². The molecule has 1 aromatic carbocycles. The third-order valence-corrected chi connectivity index (χ3v) is 4.85. The topological polar surface area (TPSA) is 111 Å². The zero-order valence-corrected chi connectivity index (χ0v) is 15.7. The Bertz CT molecular complexity index is 900. The van der Waals surface area contributed by atoms with Crippen molar-refractivity contribution in [2.45, 2.75) is 19.8 Å². The van der Waals surface area contributed by atoms with Crippen LogP contribution in [0.1, 0.15) is 24.1 Å². The van der Waals surface area contributed by atoms with Crippen molar-refractivity contribution in [2.24, 2.45) is 5.92 Å². The zero-order valence-electron chi connectivity index (χ0n) is 15.7. The Morgan fingerprint density at radius 1 is 1.18 bits per heavy atom. The molecule has 0 atom stereocenters. The van der Waals surface area contributed by atoms with E-state index in [0.717, 1.165) is 31.5 Å². The number of anilines is 2. The summed E-state index contributed by atoms with van der Waals surface area (Å²) >= 11 is 0. The minimum absolute atomic E-state index is 0.272. The minimum Gasteiger partial charge on any atom is -0.354 e. The maximum atomic E-state index is 12.1. The van der Waals surface area contributed by atoms with Gasteiger partial charge >= 0.3 is 11.8 Å². The average Bonchev–Trinajstić information content (AvgIpc) is 2.74. The van der Waals surface area contributed by atoms with Gasteiger partial charge in [-0.3, -0.25) is 9.59 Å². The molecule has 3 rings (SSSR count). The number of aryl methyl sites for hydroxylation is 1. The van der Waals surface area contributed by atoms with E-state index < -0.39 is 11.8 Å². The quantitative estimate of drug-likeness (QED) is 0.782. The lowest BCUT2D eigenvalue weighted by atomic mass is 9.96. The molecule has 8 heteroatoms. The molecule has 28 heavy (non-hydrogen) atoms. The smallest absolute Gasteiger partial charge is 0.313 e. The van der Waals surface area contributed by atoms with E-state index in [1.807, 2.05) is 30.0 Å². The molecule has 2 amide bonds. The summed E-state index contributed by atoms with van der Waals surface area (Å²) in [5, 5.41) is 14.5. The van der Waals surface area contributed by atoms with Crippen LogP contribution in [0, 0.1) is 24.2 Å². The minimum atomic E-state index is -0.662. The molecular formula is C20H22N6O2. The summed E-state index contributed by atoms with van der Waals surface area (Å²) in [4.78, 5) is 34.5. The van der Waals surface area contributed by atoms with Crippen LogP contribution in [0.5, 0.6) is 0 Å². The number of piperidine rings is 1. The van der Waals surface area contributed by atoms with Crippen LogP contribution in [-0.4, -0.2) is 41.4 Å². The van der Waals surface area contributed by atoms with Gasteiger partial charge in [0, 0.05) is 37.7 Å². The van der Waals surface area contributed by atoms with Crippen molar-refractivity contribution in [1.82, 2.24) is 15.3 Å². The summed E-state index contributed by atoms with van der Waals surface area (Å²) in [5.41, 5.74) is 1.85. The van der Waals surface area contributed by atoms with Crippen LogP contribution < -0.4 is 15.5 Å². The maximum absolute atomic E-state index is 12.1. The second kappa shape index (κ2) is 8.95. The SMILES string of the molecule is Cc1ccccc1NC(=O)C(=O)NCC1CCN(c2nccnc2C#N)CC1. The second-order valence-electron chi connectivity index (χ2n) is 6.75. The summed E-state index contributed by atoms with van der Waals surface area (Å²) in [6.45, 7) is 3.77. The number of amides is 2. The van der Waals surface area contributed by atoms with Gasteiger partial charge in [0.05, 0.1) is 0 Å². The highest BCUT2D eigenvalue weighted by Crippen LogP contribution is 2.22. The van der Waals surface area contributed by atoms with Crippen molar-refractivity contribution < 1.29 is 9.59 Å².